The molecule has 0 saturated carbocycles. The van der Waals surface area contributed by atoms with Crippen molar-refractivity contribution in [3.8, 4) is 5.75 Å². The number of nitrogens with two attached hydrogens (primary N) is 1. The Morgan fingerprint density at radius 1 is 1.23 bits per heavy atom. The van der Waals surface area contributed by atoms with Crippen LogP contribution < -0.4 is 9.88 Å². The fraction of sp³-hybridized carbons (Fsp3) is 0.286. The number of ether oxygens (including phenoxy) is 1. The molecule has 0 aliphatic carbocycles. The number of aromatic nitrogens is 1. The van der Waals surface area contributed by atoms with E-state index in [1.807, 2.05) is 0 Å². The van der Waals surface area contributed by atoms with Crippen molar-refractivity contribution in [2.45, 2.75) is 17.4 Å². The summed E-state index contributed by atoms with van der Waals surface area (Å²) < 4.78 is 99.8. The number of halogens is 6. The van der Waals surface area contributed by atoms with Crippen LogP contribution in [0.25, 0.3) is 0 Å². The number of sulfonamides is 1. The van der Waals surface area contributed by atoms with Gasteiger partial charge in [-0.2, -0.15) is 13.2 Å². The Labute approximate surface area is 116 Å². The summed E-state index contributed by atoms with van der Waals surface area (Å²) in [6.45, 7) is 0. The first-order valence-electron chi connectivity index (χ1n) is 4.67. The van der Waals surface area contributed by atoms with Gasteiger partial charge in [0.05, 0.1) is 4.92 Å². The Balaban J connectivity index is 3.91. The standard InChI is InChI=1S/C7H3F6N3O5S/c8-6(9,10)5-4(22(14,19)20)3(21-7(11,12)13)2(1-15-5)16(17)18/h1H,(H2,14,19,20). The number of hydrogen-bond acceptors (Lipinski definition) is 6. The van der Waals surface area contributed by atoms with E-state index in [4.69, 9.17) is 0 Å². The lowest BCUT2D eigenvalue weighted by Crippen LogP contribution is -2.26. The third kappa shape index (κ3) is 3.94. The Hall–Kier alpha value is -2.16. The van der Waals surface area contributed by atoms with Crippen LogP contribution in [0.3, 0.4) is 0 Å². The molecule has 0 aromatic carbocycles. The van der Waals surface area contributed by atoms with Gasteiger partial charge in [0, 0.05) is 0 Å². The van der Waals surface area contributed by atoms with Crippen molar-refractivity contribution >= 4 is 15.7 Å². The third-order valence-corrected chi connectivity index (χ3v) is 2.89. The monoisotopic (exact) mass is 355 g/mol. The van der Waals surface area contributed by atoms with Gasteiger partial charge < -0.3 is 4.74 Å². The number of nitrogens with zero attached hydrogens (tertiary/aromatic N) is 2. The molecule has 0 spiro atoms. The Morgan fingerprint density at radius 3 is 2.05 bits per heavy atom. The molecule has 8 nitrogen and oxygen atoms in total. The lowest BCUT2D eigenvalue weighted by molar-refractivity contribution is -0.389. The SMILES string of the molecule is NS(=O)(=O)c1c(C(F)(F)F)ncc([N+](=O)[O-])c1OC(F)(F)F. The largest absolute Gasteiger partial charge is 0.573 e. The summed E-state index contributed by atoms with van der Waals surface area (Å²) in [6.07, 6.45) is -11.5. The number of nitro groups is 1. The zero-order valence-corrected chi connectivity index (χ0v) is 10.6. The molecule has 1 rings (SSSR count). The Bertz CT molecular complexity index is 713. The number of alkyl halides is 6. The summed E-state index contributed by atoms with van der Waals surface area (Å²) >= 11 is 0. The van der Waals surface area contributed by atoms with Gasteiger partial charge >= 0.3 is 18.2 Å². The second kappa shape index (κ2) is 5.24. The Morgan fingerprint density at radius 2 is 1.73 bits per heavy atom. The molecule has 22 heavy (non-hydrogen) atoms. The molecule has 0 fully saturated rings. The van der Waals surface area contributed by atoms with Crippen LogP contribution in [0.15, 0.2) is 11.1 Å². The van der Waals surface area contributed by atoms with Gasteiger partial charge in [-0.05, 0) is 0 Å². The number of pyridine rings is 1. The summed E-state index contributed by atoms with van der Waals surface area (Å²) in [5.74, 6) is -2.22. The highest BCUT2D eigenvalue weighted by atomic mass is 32.2. The van der Waals surface area contributed by atoms with Crippen LogP contribution in [0.5, 0.6) is 5.75 Å². The maximum atomic E-state index is 12.6. The van der Waals surface area contributed by atoms with Gasteiger partial charge in [0.2, 0.25) is 15.8 Å². The smallest absolute Gasteiger partial charge is 0.397 e. The molecule has 0 bridgehead atoms. The number of hydrogen-bond donors (Lipinski definition) is 1. The van der Waals surface area contributed by atoms with E-state index in [1.54, 1.807) is 0 Å². The highest BCUT2D eigenvalue weighted by molar-refractivity contribution is 7.89. The van der Waals surface area contributed by atoms with Gasteiger partial charge in [-0.1, -0.05) is 0 Å². The van der Waals surface area contributed by atoms with E-state index >= 15 is 0 Å². The summed E-state index contributed by atoms with van der Waals surface area (Å²) in [5, 5.41) is 15.0. The molecule has 0 aliphatic rings. The lowest BCUT2D eigenvalue weighted by atomic mass is 10.3. The van der Waals surface area contributed by atoms with E-state index in [9.17, 15) is 44.9 Å². The van der Waals surface area contributed by atoms with Crippen molar-refractivity contribution in [1.29, 1.82) is 0 Å². The van der Waals surface area contributed by atoms with Gasteiger partial charge in [0.1, 0.15) is 6.20 Å². The predicted octanol–water partition coefficient (Wildman–Crippen LogP) is 1.55. The van der Waals surface area contributed by atoms with Gasteiger partial charge in [0.25, 0.3) is 0 Å². The normalized spacial score (nSPS) is 13.0. The molecule has 1 aromatic heterocycles. The maximum Gasteiger partial charge on any atom is 0.573 e. The summed E-state index contributed by atoms with van der Waals surface area (Å²) in [4.78, 5) is 9.11. The van der Waals surface area contributed by atoms with Crippen LogP contribution in [-0.2, 0) is 16.2 Å². The van der Waals surface area contributed by atoms with E-state index < -0.39 is 49.5 Å². The van der Waals surface area contributed by atoms with Crippen molar-refractivity contribution in [2.75, 3.05) is 0 Å². The van der Waals surface area contributed by atoms with Crippen molar-refractivity contribution in [2.24, 2.45) is 5.14 Å². The van der Waals surface area contributed by atoms with Gasteiger partial charge in [-0.3, -0.25) is 10.1 Å². The molecule has 1 aromatic rings. The second-order valence-electron chi connectivity index (χ2n) is 3.50. The van der Waals surface area contributed by atoms with Crippen molar-refractivity contribution in [3.05, 3.63) is 22.0 Å². The quantitative estimate of drug-likeness (QED) is 0.498. The molecule has 0 atom stereocenters. The van der Waals surface area contributed by atoms with Crippen LogP contribution >= 0.6 is 0 Å². The molecular formula is C7H3F6N3O5S. The molecule has 0 aliphatic heterocycles. The van der Waals surface area contributed by atoms with E-state index in [2.05, 4.69) is 14.9 Å². The van der Waals surface area contributed by atoms with Crippen LogP contribution in [0.2, 0.25) is 0 Å². The number of primary sulfonamides is 1. The first-order valence-corrected chi connectivity index (χ1v) is 6.22. The zero-order chi connectivity index (χ0) is 17.5. The van der Waals surface area contributed by atoms with Crippen LogP contribution in [0.1, 0.15) is 5.69 Å². The minimum atomic E-state index is -5.71. The van der Waals surface area contributed by atoms with E-state index in [0.29, 0.717) is 0 Å². The van der Waals surface area contributed by atoms with Crippen molar-refractivity contribution < 1.29 is 44.4 Å². The summed E-state index contributed by atoms with van der Waals surface area (Å²) in [6, 6.07) is 0. The average Bonchev–Trinajstić information content (AvgIpc) is 2.22. The average molecular weight is 355 g/mol. The molecular weight excluding hydrogens is 352 g/mol. The summed E-state index contributed by atoms with van der Waals surface area (Å²) in [5.41, 5.74) is -4.13. The number of rotatable bonds is 3. The predicted molar refractivity (Wildman–Crippen MR) is 53.9 cm³/mol. The second-order valence-corrected chi connectivity index (χ2v) is 5.00. The van der Waals surface area contributed by atoms with Crippen molar-refractivity contribution in [1.82, 2.24) is 4.98 Å². The van der Waals surface area contributed by atoms with Gasteiger partial charge in [0.15, 0.2) is 10.6 Å². The van der Waals surface area contributed by atoms with E-state index in [1.165, 1.54) is 0 Å². The molecule has 2 N–H and O–H groups in total. The maximum absolute atomic E-state index is 12.6. The lowest BCUT2D eigenvalue weighted by Gasteiger charge is -2.15. The molecule has 0 amide bonds. The molecule has 0 unspecified atom stereocenters. The van der Waals surface area contributed by atoms with E-state index in [-0.39, 0.29) is 6.20 Å². The zero-order valence-electron chi connectivity index (χ0n) is 9.77. The fourth-order valence-electron chi connectivity index (χ4n) is 1.28. The highest BCUT2D eigenvalue weighted by Crippen LogP contribution is 2.43. The molecule has 1 heterocycles. The first-order chi connectivity index (χ1) is 9.64. The topological polar surface area (TPSA) is 125 Å². The minimum absolute atomic E-state index is 0.224. The van der Waals surface area contributed by atoms with Crippen LogP contribution in [0, 0.1) is 10.1 Å². The summed E-state index contributed by atoms with van der Waals surface area (Å²) in [7, 11) is -5.49. The Kier molecular flexibility index (Phi) is 4.26. The minimum Gasteiger partial charge on any atom is -0.397 e. The van der Waals surface area contributed by atoms with Gasteiger partial charge in [-0.15, -0.1) is 13.2 Å². The third-order valence-electron chi connectivity index (χ3n) is 1.94. The molecule has 15 heteroatoms. The van der Waals surface area contributed by atoms with Crippen molar-refractivity contribution in [3.63, 3.8) is 0 Å². The molecule has 0 saturated heterocycles. The first kappa shape index (κ1) is 17.9. The molecule has 0 radical (unpaired) electrons. The highest BCUT2D eigenvalue weighted by Gasteiger charge is 2.46. The van der Waals surface area contributed by atoms with E-state index in [0.717, 1.165) is 0 Å². The fourth-order valence-corrected chi connectivity index (χ4v) is 2.12. The van der Waals surface area contributed by atoms with Crippen LogP contribution in [0.4, 0.5) is 32.0 Å². The van der Waals surface area contributed by atoms with Crippen LogP contribution in [-0.4, -0.2) is 24.7 Å². The molecule has 124 valence electrons. The van der Waals surface area contributed by atoms with Gasteiger partial charge in [-0.25, -0.2) is 18.5 Å².